The van der Waals surface area contributed by atoms with Crippen molar-refractivity contribution in [3.8, 4) is 17.2 Å². The molecule has 0 N–H and O–H groups in total. The van der Waals surface area contributed by atoms with Crippen molar-refractivity contribution in [2.75, 3.05) is 18.6 Å². The number of amides is 1. The lowest BCUT2D eigenvalue weighted by atomic mass is 10.1. The number of methoxy groups -OCH3 is 1. The highest BCUT2D eigenvalue weighted by Gasteiger charge is 2.37. The molecule has 1 saturated heterocycles. The molecule has 1 amide bonds. The Bertz CT molecular complexity index is 1020. The number of carbonyl (C=O) groups is 2. The Kier molecular flexibility index (Phi) is 5.24. The van der Waals surface area contributed by atoms with Crippen molar-refractivity contribution in [1.29, 1.82) is 0 Å². The van der Waals surface area contributed by atoms with E-state index in [1.165, 1.54) is 0 Å². The fourth-order valence-electron chi connectivity index (χ4n) is 3.21. The number of carbonyl (C=O) groups excluding carboxylic acids is 2. The maximum atomic E-state index is 12.5. The van der Waals surface area contributed by atoms with Crippen LogP contribution in [-0.4, -0.2) is 35.7 Å². The summed E-state index contributed by atoms with van der Waals surface area (Å²) in [5, 5.41) is 7.86. The van der Waals surface area contributed by atoms with Gasteiger partial charge in [-0.2, -0.15) is 0 Å². The first-order valence-electron chi connectivity index (χ1n) is 9.13. The van der Waals surface area contributed by atoms with E-state index in [1.54, 1.807) is 24.1 Å². The predicted molar refractivity (Wildman–Crippen MR) is 103 cm³/mol. The standard InChI is InChI=1S/C21H19N3O5/c1-27-17-10-6-5-9-16(17)24-12-15(11-19(24)25)21(26)28-13-18-22-23-20(29-18)14-7-3-2-4-8-14/h2-10,15H,11-13H2,1H3/t15-/m1/s1. The highest BCUT2D eigenvalue weighted by atomic mass is 16.5. The molecule has 3 aromatic rings. The van der Waals surface area contributed by atoms with Crippen LogP contribution in [0.4, 0.5) is 5.69 Å². The summed E-state index contributed by atoms with van der Waals surface area (Å²) in [6.07, 6.45) is 0.0793. The number of rotatable bonds is 6. The molecule has 0 radical (unpaired) electrons. The summed E-state index contributed by atoms with van der Waals surface area (Å²) >= 11 is 0. The highest BCUT2D eigenvalue weighted by Crippen LogP contribution is 2.33. The van der Waals surface area contributed by atoms with Gasteiger partial charge in [-0.1, -0.05) is 30.3 Å². The minimum atomic E-state index is -0.566. The van der Waals surface area contributed by atoms with Gasteiger partial charge < -0.3 is 18.8 Å². The molecule has 4 rings (SSSR count). The van der Waals surface area contributed by atoms with Crippen LogP contribution >= 0.6 is 0 Å². The fraction of sp³-hybridized carbons (Fsp3) is 0.238. The first-order valence-corrected chi connectivity index (χ1v) is 9.13. The fourth-order valence-corrected chi connectivity index (χ4v) is 3.21. The molecule has 0 saturated carbocycles. The number of benzene rings is 2. The molecule has 1 fully saturated rings. The molecule has 0 bridgehead atoms. The highest BCUT2D eigenvalue weighted by molar-refractivity contribution is 6.00. The molecule has 8 nitrogen and oxygen atoms in total. The van der Waals surface area contributed by atoms with Crippen molar-refractivity contribution < 1.29 is 23.5 Å². The topological polar surface area (TPSA) is 94.8 Å². The van der Waals surface area contributed by atoms with Crippen molar-refractivity contribution in [3.63, 3.8) is 0 Å². The third-order valence-corrected chi connectivity index (χ3v) is 4.66. The van der Waals surface area contributed by atoms with Gasteiger partial charge in [0.2, 0.25) is 11.8 Å². The van der Waals surface area contributed by atoms with Gasteiger partial charge in [-0.3, -0.25) is 9.59 Å². The van der Waals surface area contributed by atoms with Crippen LogP contribution in [0, 0.1) is 5.92 Å². The number of hydrogen-bond donors (Lipinski definition) is 0. The van der Waals surface area contributed by atoms with Crippen LogP contribution in [0.2, 0.25) is 0 Å². The van der Waals surface area contributed by atoms with Crippen molar-refractivity contribution in [2.24, 2.45) is 5.92 Å². The molecular formula is C21H19N3O5. The number of esters is 1. The maximum Gasteiger partial charge on any atom is 0.311 e. The van der Waals surface area contributed by atoms with E-state index in [4.69, 9.17) is 13.9 Å². The molecule has 8 heteroatoms. The van der Waals surface area contributed by atoms with Crippen LogP contribution in [0.15, 0.2) is 59.0 Å². The largest absolute Gasteiger partial charge is 0.495 e. The summed E-state index contributed by atoms with van der Waals surface area (Å²) in [6, 6.07) is 16.5. The lowest BCUT2D eigenvalue weighted by molar-refractivity contribution is -0.150. The molecule has 1 aliphatic heterocycles. The van der Waals surface area contributed by atoms with Crippen LogP contribution in [0.5, 0.6) is 5.75 Å². The number of nitrogens with zero attached hydrogens (tertiary/aromatic N) is 3. The van der Waals surface area contributed by atoms with Gasteiger partial charge in [0.15, 0.2) is 6.61 Å². The van der Waals surface area contributed by atoms with Gasteiger partial charge in [0, 0.05) is 18.5 Å². The van der Waals surface area contributed by atoms with Gasteiger partial charge in [0.05, 0.1) is 18.7 Å². The zero-order chi connectivity index (χ0) is 20.2. The molecule has 2 aromatic carbocycles. The van der Waals surface area contributed by atoms with E-state index in [-0.39, 0.29) is 31.4 Å². The lowest BCUT2D eigenvalue weighted by Gasteiger charge is -2.19. The quantitative estimate of drug-likeness (QED) is 0.594. The first kappa shape index (κ1) is 18.7. The minimum Gasteiger partial charge on any atom is -0.495 e. The summed E-state index contributed by atoms with van der Waals surface area (Å²) in [4.78, 5) is 26.4. The molecule has 0 unspecified atom stereocenters. The van der Waals surface area contributed by atoms with E-state index >= 15 is 0 Å². The SMILES string of the molecule is COc1ccccc1N1C[C@H](C(=O)OCc2nnc(-c3ccccc3)o2)CC1=O. The Morgan fingerprint density at radius 3 is 2.69 bits per heavy atom. The Morgan fingerprint density at radius 2 is 1.90 bits per heavy atom. The summed E-state index contributed by atoms with van der Waals surface area (Å²) in [7, 11) is 1.54. The van der Waals surface area contributed by atoms with Gasteiger partial charge in [-0.05, 0) is 24.3 Å². The predicted octanol–water partition coefficient (Wildman–Crippen LogP) is 2.84. The van der Waals surface area contributed by atoms with Crippen LogP contribution in [-0.2, 0) is 20.9 Å². The van der Waals surface area contributed by atoms with Crippen molar-refractivity contribution in [2.45, 2.75) is 13.0 Å². The van der Waals surface area contributed by atoms with E-state index in [1.807, 2.05) is 42.5 Å². The molecule has 1 atom stereocenters. The molecule has 0 aliphatic carbocycles. The first-order chi connectivity index (χ1) is 14.2. The minimum absolute atomic E-state index is 0.0793. The molecule has 29 heavy (non-hydrogen) atoms. The van der Waals surface area contributed by atoms with E-state index in [0.717, 1.165) is 5.56 Å². The maximum absolute atomic E-state index is 12.5. The summed E-state index contributed by atoms with van der Waals surface area (Å²) in [5.41, 5.74) is 1.42. The van der Waals surface area contributed by atoms with Crippen molar-refractivity contribution >= 4 is 17.6 Å². The summed E-state index contributed by atoms with van der Waals surface area (Å²) in [6.45, 7) is 0.0924. The molecule has 148 valence electrons. The molecule has 1 aromatic heterocycles. The van der Waals surface area contributed by atoms with E-state index in [0.29, 0.717) is 17.3 Å². The molecule has 2 heterocycles. The van der Waals surface area contributed by atoms with Crippen LogP contribution in [0.25, 0.3) is 11.5 Å². The average Bonchev–Trinajstić information content (AvgIpc) is 3.39. The van der Waals surface area contributed by atoms with Crippen LogP contribution in [0.1, 0.15) is 12.3 Å². The normalized spacial score (nSPS) is 16.1. The second kappa shape index (κ2) is 8.14. The lowest BCUT2D eigenvalue weighted by Crippen LogP contribution is -2.26. The summed E-state index contributed by atoms with van der Waals surface area (Å²) in [5.74, 6) is -0.0629. The Hall–Kier alpha value is -3.68. The van der Waals surface area contributed by atoms with Crippen LogP contribution in [0.3, 0.4) is 0 Å². The van der Waals surface area contributed by atoms with Gasteiger partial charge >= 0.3 is 5.97 Å². The molecule has 1 aliphatic rings. The molecule has 0 spiro atoms. The Morgan fingerprint density at radius 1 is 1.14 bits per heavy atom. The van der Waals surface area contributed by atoms with Gasteiger partial charge in [0.25, 0.3) is 5.89 Å². The third-order valence-electron chi connectivity index (χ3n) is 4.66. The van der Waals surface area contributed by atoms with E-state index in [9.17, 15) is 9.59 Å². The zero-order valence-corrected chi connectivity index (χ0v) is 15.8. The summed E-state index contributed by atoms with van der Waals surface area (Å²) < 4.78 is 16.1. The van der Waals surface area contributed by atoms with Gasteiger partial charge in [-0.15, -0.1) is 10.2 Å². The third kappa shape index (κ3) is 3.96. The average molecular weight is 393 g/mol. The van der Waals surface area contributed by atoms with E-state index < -0.39 is 11.9 Å². The number of hydrogen-bond acceptors (Lipinski definition) is 7. The smallest absolute Gasteiger partial charge is 0.311 e. The van der Waals surface area contributed by atoms with Gasteiger partial charge in [0.1, 0.15) is 5.75 Å². The zero-order valence-electron chi connectivity index (χ0n) is 15.8. The van der Waals surface area contributed by atoms with E-state index in [2.05, 4.69) is 10.2 Å². The monoisotopic (exact) mass is 393 g/mol. The van der Waals surface area contributed by atoms with Crippen molar-refractivity contribution in [3.05, 3.63) is 60.5 Å². The Labute approximate surface area is 167 Å². The number of ether oxygens (including phenoxy) is 2. The Balaban J connectivity index is 1.37. The molecular weight excluding hydrogens is 374 g/mol. The number of para-hydroxylation sites is 2. The second-order valence-electron chi connectivity index (χ2n) is 6.55. The van der Waals surface area contributed by atoms with Crippen molar-refractivity contribution in [1.82, 2.24) is 10.2 Å². The number of aromatic nitrogens is 2. The van der Waals surface area contributed by atoms with Gasteiger partial charge in [-0.25, -0.2) is 0 Å². The number of anilines is 1. The van der Waals surface area contributed by atoms with Crippen LogP contribution < -0.4 is 9.64 Å². The second-order valence-corrected chi connectivity index (χ2v) is 6.55.